The maximum absolute atomic E-state index is 12.3. The summed E-state index contributed by atoms with van der Waals surface area (Å²) in [7, 11) is -3.03. The predicted octanol–water partition coefficient (Wildman–Crippen LogP) is 5.86. The van der Waals surface area contributed by atoms with Gasteiger partial charge in [0.1, 0.15) is 0 Å². The third kappa shape index (κ3) is 10.0. The highest BCUT2D eigenvalue weighted by Crippen LogP contribution is 2.50. The van der Waals surface area contributed by atoms with Gasteiger partial charge in [0.2, 0.25) is 0 Å². The minimum atomic E-state index is -3.03. The van der Waals surface area contributed by atoms with Crippen LogP contribution in [0.1, 0.15) is 59.8 Å². The van der Waals surface area contributed by atoms with Crippen molar-refractivity contribution >= 4 is 19.4 Å². The van der Waals surface area contributed by atoms with Gasteiger partial charge in [-0.25, -0.2) is 0 Å². The molecule has 0 rings (SSSR count). The molecule has 3 nitrogen and oxygen atoms in total. The van der Waals surface area contributed by atoms with E-state index in [0.717, 1.165) is 12.2 Å². The molecule has 0 aromatic heterocycles. The van der Waals surface area contributed by atoms with Crippen LogP contribution in [0, 0.1) is 0 Å². The molecule has 0 aliphatic rings. The first-order valence-electron chi connectivity index (χ1n) is 7.81. The quantitative estimate of drug-likeness (QED) is 0.314. The molecule has 0 heterocycles. The van der Waals surface area contributed by atoms with Gasteiger partial charge in [0, 0.05) is 11.1 Å². The summed E-state index contributed by atoms with van der Waals surface area (Å²) >= 11 is 1.93. The lowest BCUT2D eigenvalue weighted by Gasteiger charge is -2.14. The van der Waals surface area contributed by atoms with Crippen LogP contribution < -0.4 is 0 Å². The summed E-state index contributed by atoms with van der Waals surface area (Å²) in [5.74, 6) is 2.81. The molecule has 0 aliphatic heterocycles. The van der Waals surface area contributed by atoms with Crippen LogP contribution >= 0.6 is 19.4 Å². The highest BCUT2D eigenvalue weighted by molar-refractivity contribution is 8.00. The molecule has 0 unspecified atom stereocenters. The van der Waals surface area contributed by atoms with E-state index < -0.39 is 7.60 Å². The zero-order valence-electron chi connectivity index (χ0n) is 13.5. The number of hydrogen-bond acceptors (Lipinski definition) is 4. The zero-order chi connectivity index (χ0) is 15.3. The molecule has 120 valence electrons. The molecule has 0 saturated carbocycles. The highest BCUT2D eigenvalue weighted by atomic mass is 32.2. The summed E-state index contributed by atoms with van der Waals surface area (Å²) in [6, 6.07) is 0. The van der Waals surface area contributed by atoms with Gasteiger partial charge >= 0.3 is 7.60 Å². The van der Waals surface area contributed by atoms with Crippen LogP contribution in [0.15, 0.2) is 11.9 Å². The minimum absolute atomic E-state index is 0.394. The molecular weight excluding hydrogens is 291 g/mol. The number of hydrogen-bond donors (Lipinski definition) is 0. The Hall–Kier alpha value is 0.240. The molecule has 0 aliphatic carbocycles. The Labute approximate surface area is 129 Å². The second kappa shape index (κ2) is 12.9. The van der Waals surface area contributed by atoms with Crippen LogP contribution in [0.5, 0.6) is 0 Å². The van der Waals surface area contributed by atoms with E-state index in [0.29, 0.717) is 18.5 Å². The van der Waals surface area contributed by atoms with Crippen molar-refractivity contribution in [3.8, 4) is 0 Å². The van der Waals surface area contributed by atoms with Crippen molar-refractivity contribution in [2.45, 2.75) is 65.0 Å². The molecule has 0 bridgehead atoms. The van der Waals surface area contributed by atoms with Crippen molar-refractivity contribution in [1.82, 2.24) is 0 Å². The molecule has 0 aromatic rings. The van der Waals surface area contributed by atoms with Gasteiger partial charge in [-0.05, 0) is 32.4 Å². The third-order valence-electron chi connectivity index (χ3n) is 2.83. The molecular formula is C15H31O3PS. The van der Waals surface area contributed by atoms with Crippen LogP contribution in [0.3, 0.4) is 0 Å². The lowest BCUT2D eigenvalue weighted by Crippen LogP contribution is -1.99. The fourth-order valence-corrected chi connectivity index (χ4v) is 4.36. The molecule has 20 heavy (non-hydrogen) atoms. The molecule has 0 aromatic carbocycles. The lowest BCUT2D eigenvalue weighted by molar-refractivity contribution is 0.229. The van der Waals surface area contributed by atoms with E-state index in [1.54, 1.807) is 5.82 Å². The average Bonchev–Trinajstić information content (AvgIpc) is 2.42. The molecule has 0 fully saturated rings. The molecule has 0 spiro atoms. The summed E-state index contributed by atoms with van der Waals surface area (Å²) in [5.41, 5.74) is 0. The largest absolute Gasteiger partial charge is 0.353 e. The van der Waals surface area contributed by atoms with Crippen LogP contribution in [0.2, 0.25) is 0 Å². The summed E-state index contributed by atoms with van der Waals surface area (Å²) in [4.78, 5) is 0. The van der Waals surface area contributed by atoms with E-state index in [2.05, 4.69) is 13.8 Å². The van der Waals surface area contributed by atoms with E-state index in [1.165, 1.54) is 25.7 Å². The van der Waals surface area contributed by atoms with Crippen molar-refractivity contribution in [2.75, 3.05) is 19.0 Å². The van der Waals surface area contributed by atoms with E-state index in [4.69, 9.17) is 9.05 Å². The zero-order valence-corrected chi connectivity index (χ0v) is 15.2. The van der Waals surface area contributed by atoms with Gasteiger partial charge in [0.25, 0.3) is 0 Å². The van der Waals surface area contributed by atoms with Gasteiger partial charge in [0.05, 0.1) is 13.2 Å². The molecule has 0 amide bonds. The first-order chi connectivity index (χ1) is 9.61. The highest BCUT2D eigenvalue weighted by Gasteiger charge is 2.19. The minimum Gasteiger partial charge on any atom is -0.306 e. The van der Waals surface area contributed by atoms with E-state index in [9.17, 15) is 4.57 Å². The maximum atomic E-state index is 12.3. The smallest absolute Gasteiger partial charge is 0.306 e. The van der Waals surface area contributed by atoms with Crippen LogP contribution in [-0.4, -0.2) is 24.2 Å². The second-order valence-electron chi connectivity index (χ2n) is 4.60. The van der Waals surface area contributed by atoms with Crippen LogP contribution in [0.25, 0.3) is 0 Å². The SMILES string of the molecule is CCCCCCS[C@H](/C=C/P(=O)(OCC)OCC)CC. The standard InChI is InChI=1S/C15H31O3PS/c1-5-9-10-11-14-20-15(6-2)12-13-19(16,17-7-3)18-8-4/h12-13,15H,5-11,14H2,1-4H3/b13-12+/t15-/m0/s1. The van der Waals surface area contributed by atoms with Crippen molar-refractivity contribution in [2.24, 2.45) is 0 Å². The Morgan fingerprint density at radius 3 is 2.20 bits per heavy atom. The van der Waals surface area contributed by atoms with E-state index in [-0.39, 0.29) is 0 Å². The Kier molecular flexibility index (Phi) is 13.1. The van der Waals surface area contributed by atoms with Gasteiger partial charge < -0.3 is 9.05 Å². The molecule has 1 atom stereocenters. The molecule has 0 radical (unpaired) electrons. The number of rotatable bonds is 13. The summed E-state index contributed by atoms with van der Waals surface area (Å²) < 4.78 is 22.8. The average molecular weight is 322 g/mol. The van der Waals surface area contributed by atoms with Gasteiger partial charge in [-0.2, -0.15) is 11.8 Å². The summed E-state index contributed by atoms with van der Waals surface area (Å²) in [6.07, 6.45) is 8.19. The molecule has 5 heteroatoms. The van der Waals surface area contributed by atoms with E-state index >= 15 is 0 Å². The Bertz CT molecular complexity index is 285. The second-order valence-corrected chi connectivity index (χ2v) is 7.84. The number of unbranched alkanes of at least 4 members (excludes halogenated alkanes) is 3. The normalized spacial score (nSPS) is 14.0. The maximum Gasteiger partial charge on any atom is 0.353 e. The topological polar surface area (TPSA) is 35.5 Å². The van der Waals surface area contributed by atoms with Crippen LogP contribution in [-0.2, 0) is 13.6 Å². The first-order valence-corrected chi connectivity index (χ1v) is 10.5. The third-order valence-corrected chi connectivity index (χ3v) is 6.05. The van der Waals surface area contributed by atoms with Crippen molar-refractivity contribution < 1.29 is 13.6 Å². The van der Waals surface area contributed by atoms with Crippen molar-refractivity contribution in [3.05, 3.63) is 11.9 Å². The molecule has 0 saturated heterocycles. The molecule has 0 N–H and O–H groups in total. The monoisotopic (exact) mass is 322 g/mol. The fourth-order valence-electron chi connectivity index (χ4n) is 1.76. The van der Waals surface area contributed by atoms with Crippen LogP contribution in [0.4, 0.5) is 0 Å². The lowest BCUT2D eigenvalue weighted by atomic mass is 10.2. The Morgan fingerprint density at radius 2 is 1.70 bits per heavy atom. The fraction of sp³-hybridized carbons (Fsp3) is 0.867. The van der Waals surface area contributed by atoms with Crippen molar-refractivity contribution in [1.29, 1.82) is 0 Å². The van der Waals surface area contributed by atoms with E-state index in [1.807, 2.05) is 31.7 Å². The first kappa shape index (κ1) is 20.2. The van der Waals surface area contributed by atoms with Gasteiger partial charge in [0.15, 0.2) is 0 Å². The Balaban J connectivity index is 4.23. The number of thioether (sulfide) groups is 1. The van der Waals surface area contributed by atoms with Gasteiger partial charge in [-0.3, -0.25) is 4.57 Å². The summed E-state index contributed by atoms with van der Waals surface area (Å²) in [5, 5.41) is 0.394. The van der Waals surface area contributed by atoms with Gasteiger partial charge in [-0.15, -0.1) is 0 Å². The van der Waals surface area contributed by atoms with Gasteiger partial charge in [-0.1, -0.05) is 39.2 Å². The predicted molar refractivity (Wildman–Crippen MR) is 90.7 cm³/mol. The summed E-state index contributed by atoms with van der Waals surface area (Å²) in [6.45, 7) is 8.85. The van der Waals surface area contributed by atoms with Crippen molar-refractivity contribution in [3.63, 3.8) is 0 Å². The Morgan fingerprint density at radius 1 is 1.05 bits per heavy atom.